The number of carbonyl (C=O) groups excluding carboxylic acids is 1. The van der Waals surface area contributed by atoms with Crippen molar-refractivity contribution in [3.05, 3.63) is 54.4 Å². The Balaban J connectivity index is 1.26. The van der Waals surface area contributed by atoms with Crippen molar-refractivity contribution in [3.8, 4) is 11.5 Å². The van der Waals surface area contributed by atoms with Crippen molar-refractivity contribution in [3.63, 3.8) is 0 Å². The van der Waals surface area contributed by atoms with E-state index < -0.39 is 0 Å². The fourth-order valence-corrected chi connectivity index (χ4v) is 4.86. The van der Waals surface area contributed by atoms with Crippen molar-refractivity contribution < 1.29 is 9.32 Å². The predicted octanol–water partition coefficient (Wildman–Crippen LogP) is 2.77. The van der Waals surface area contributed by atoms with E-state index in [0.29, 0.717) is 11.6 Å². The standard InChI is InChI=1S/C22H26N6O2/c1-26-13-17(23-15-26)21(29)28-10-8-22(9-11-28)12-18(27(2)14-22)19-24-20(30-25-19)16-6-4-3-5-7-16/h3-7,13,15,18H,8-12,14H2,1-2H3. The van der Waals surface area contributed by atoms with Gasteiger partial charge in [-0.05, 0) is 43.9 Å². The van der Waals surface area contributed by atoms with E-state index in [4.69, 9.17) is 4.52 Å². The van der Waals surface area contributed by atoms with E-state index in [9.17, 15) is 4.79 Å². The second kappa shape index (κ2) is 7.36. The SMILES string of the molecule is CN1CC2(CCN(C(=O)c3cn(C)cn3)CC2)CC1c1noc(-c2ccccc2)n1. The zero-order valence-corrected chi connectivity index (χ0v) is 17.4. The molecular formula is C22H26N6O2. The quantitative estimate of drug-likeness (QED) is 0.665. The molecule has 0 aliphatic carbocycles. The van der Waals surface area contributed by atoms with Crippen LogP contribution in [0.2, 0.25) is 0 Å². The maximum atomic E-state index is 12.7. The Morgan fingerprint density at radius 2 is 1.93 bits per heavy atom. The molecule has 0 saturated carbocycles. The number of benzene rings is 1. The second-order valence-corrected chi connectivity index (χ2v) is 8.68. The summed E-state index contributed by atoms with van der Waals surface area (Å²) in [7, 11) is 4.01. The average molecular weight is 406 g/mol. The smallest absolute Gasteiger partial charge is 0.274 e. The molecule has 4 heterocycles. The van der Waals surface area contributed by atoms with E-state index in [-0.39, 0.29) is 17.4 Å². The lowest BCUT2D eigenvalue weighted by molar-refractivity contribution is 0.0588. The highest BCUT2D eigenvalue weighted by molar-refractivity contribution is 5.92. The van der Waals surface area contributed by atoms with Gasteiger partial charge in [-0.3, -0.25) is 9.69 Å². The van der Waals surface area contributed by atoms with E-state index in [2.05, 4.69) is 27.1 Å². The van der Waals surface area contributed by atoms with E-state index in [1.54, 1.807) is 12.5 Å². The molecule has 3 aromatic rings. The maximum Gasteiger partial charge on any atom is 0.274 e. The number of amides is 1. The van der Waals surface area contributed by atoms with Crippen LogP contribution in [0.3, 0.4) is 0 Å². The van der Waals surface area contributed by atoms with Gasteiger partial charge >= 0.3 is 0 Å². The van der Waals surface area contributed by atoms with Gasteiger partial charge in [-0.25, -0.2) is 4.98 Å². The molecule has 5 rings (SSSR count). The molecule has 0 N–H and O–H groups in total. The van der Waals surface area contributed by atoms with Gasteiger partial charge in [0.25, 0.3) is 11.8 Å². The molecule has 2 fully saturated rings. The van der Waals surface area contributed by atoms with Crippen LogP contribution >= 0.6 is 0 Å². The Bertz CT molecular complexity index is 1030. The molecule has 2 aliphatic rings. The van der Waals surface area contributed by atoms with Crippen LogP contribution < -0.4 is 0 Å². The van der Waals surface area contributed by atoms with Crippen LogP contribution in [0.4, 0.5) is 0 Å². The molecule has 8 nitrogen and oxygen atoms in total. The number of imidazole rings is 1. The lowest BCUT2D eigenvalue weighted by Crippen LogP contribution is -2.44. The van der Waals surface area contributed by atoms with Crippen LogP contribution in [0, 0.1) is 5.41 Å². The minimum absolute atomic E-state index is 0.0269. The minimum Gasteiger partial charge on any atom is -0.340 e. The summed E-state index contributed by atoms with van der Waals surface area (Å²) in [5, 5.41) is 4.29. The molecule has 2 aliphatic heterocycles. The number of hydrogen-bond donors (Lipinski definition) is 0. The fraction of sp³-hybridized carbons (Fsp3) is 0.455. The number of hydrogen-bond acceptors (Lipinski definition) is 6. The molecule has 1 amide bonds. The van der Waals surface area contributed by atoms with Gasteiger partial charge in [0, 0.05) is 38.4 Å². The van der Waals surface area contributed by atoms with Crippen LogP contribution in [-0.2, 0) is 7.05 Å². The van der Waals surface area contributed by atoms with Crippen LogP contribution in [0.5, 0.6) is 0 Å². The number of carbonyl (C=O) groups is 1. The van der Waals surface area contributed by atoms with Crippen molar-refractivity contribution in [2.75, 3.05) is 26.7 Å². The first-order chi connectivity index (χ1) is 14.5. The first kappa shape index (κ1) is 19.0. The molecule has 30 heavy (non-hydrogen) atoms. The maximum absolute atomic E-state index is 12.7. The first-order valence-corrected chi connectivity index (χ1v) is 10.4. The number of aromatic nitrogens is 4. The number of aryl methyl sites for hydroxylation is 1. The Morgan fingerprint density at radius 1 is 1.17 bits per heavy atom. The topological polar surface area (TPSA) is 80.3 Å². The average Bonchev–Trinajstić information content (AvgIpc) is 3.48. The number of nitrogens with zero attached hydrogens (tertiary/aromatic N) is 6. The van der Waals surface area contributed by atoms with Crippen molar-refractivity contribution >= 4 is 5.91 Å². The van der Waals surface area contributed by atoms with Crippen LogP contribution in [0.15, 0.2) is 47.4 Å². The molecular weight excluding hydrogens is 380 g/mol. The molecule has 156 valence electrons. The molecule has 1 aromatic carbocycles. The minimum atomic E-state index is 0.0269. The summed E-state index contributed by atoms with van der Waals surface area (Å²) in [6, 6.07) is 10.0. The number of rotatable bonds is 3. The fourth-order valence-electron chi connectivity index (χ4n) is 4.86. The highest BCUT2D eigenvalue weighted by atomic mass is 16.5. The van der Waals surface area contributed by atoms with Crippen LogP contribution in [0.25, 0.3) is 11.5 Å². The molecule has 8 heteroatoms. The van der Waals surface area contributed by atoms with E-state index in [1.165, 1.54) is 0 Å². The summed E-state index contributed by atoms with van der Waals surface area (Å²) in [5.74, 6) is 1.34. The summed E-state index contributed by atoms with van der Waals surface area (Å²) < 4.78 is 7.35. The van der Waals surface area contributed by atoms with E-state index in [1.807, 2.05) is 46.8 Å². The molecule has 2 saturated heterocycles. The number of likely N-dealkylation sites (tertiary alicyclic amines) is 2. The van der Waals surface area contributed by atoms with Crippen molar-refractivity contribution in [1.82, 2.24) is 29.5 Å². The summed E-state index contributed by atoms with van der Waals surface area (Å²) in [4.78, 5) is 25.9. The Hall–Kier alpha value is -3.00. The largest absolute Gasteiger partial charge is 0.340 e. The van der Waals surface area contributed by atoms with Gasteiger partial charge in [0.15, 0.2) is 5.82 Å². The summed E-state index contributed by atoms with van der Waals surface area (Å²) in [5.41, 5.74) is 1.65. The lowest BCUT2D eigenvalue weighted by Gasteiger charge is -2.39. The Labute approximate surface area is 175 Å². The third-order valence-electron chi connectivity index (χ3n) is 6.54. The van der Waals surface area contributed by atoms with Gasteiger partial charge in [0.2, 0.25) is 0 Å². The Morgan fingerprint density at radius 3 is 2.63 bits per heavy atom. The number of piperidine rings is 1. The third-order valence-corrected chi connectivity index (χ3v) is 6.54. The van der Waals surface area contributed by atoms with Gasteiger partial charge in [-0.2, -0.15) is 4.98 Å². The normalized spacial score (nSPS) is 21.4. The lowest BCUT2D eigenvalue weighted by atomic mass is 9.76. The zero-order valence-electron chi connectivity index (χ0n) is 17.4. The second-order valence-electron chi connectivity index (χ2n) is 8.68. The van der Waals surface area contributed by atoms with Gasteiger partial charge in [-0.15, -0.1) is 0 Å². The Kier molecular flexibility index (Phi) is 4.66. The third kappa shape index (κ3) is 3.41. The molecule has 1 atom stereocenters. The van der Waals surface area contributed by atoms with Crippen molar-refractivity contribution in [2.24, 2.45) is 12.5 Å². The van der Waals surface area contributed by atoms with Gasteiger partial charge in [0.1, 0.15) is 5.69 Å². The van der Waals surface area contributed by atoms with Crippen LogP contribution in [-0.4, -0.2) is 62.1 Å². The highest BCUT2D eigenvalue weighted by Gasteiger charge is 2.46. The molecule has 1 spiro atoms. The highest BCUT2D eigenvalue weighted by Crippen LogP contribution is 2.48. The summed E-state index contributed by atoms with van der Waals surface area (Å²) in [6.45, 7) is 2.51. The predicted molar refractivity (Wildman–Crippen MR) is 111 cm³/mol. The molecule has 0 radical (unpaired) electrons. The molecule has 2 aromatic heterocycles. The van der Waals surface area contributed by atoms with Crippen molar-refractivity contribution in [1.29, 1.82) is 0 Å². The van der Waals surface area contributed by atoms with E-state index >= 15 is 0 Å². The van der Waals surface area contributed by atoms with Crippen LogP contribution in [0.1, 0.15) is 41.6 Å². The van der Waals surface area contributed by atoms with E-state index in [0.717, 1.165) is 50.3 Å². The zero-order chi connectivity index (χ0) is 20.7. The van der Waals surface area contributed by atoms with Gasteiger partial charge in [-0.1, -0.05) is 23.4 Å². The van der Waals surface area contributed by atoms with Gasteiger partial charge in [0.05, 0.1) is 12.4 Å². The molecule has 1 unspecified atom stereocenters. The molecule has 0 bridgehead atoms. The summed E-state index contributed by atoms with van der Waals surface area (Å²) >= 11 is 0. The van der Waals surface area contributed by atoms with Crippen molar-refractivity contribution in [2.45, 2.75) is 25.3 Å². The first-order valence-electron chi connectivity index (χ1n) is 10.4. The summed E-state index contributed by atoms with van der Waals surface area (Å²) in [6.07, 6.45) is 6.41. The van der Waals surface area contributed by atoms with Gasteiger partial charge < -0.3 is 14.0 Å². The monoisotopic (exact) mass is 406 g/mol.